The predicted octanol–water partition coefficient (Wildman–Crippen LogP) is 1.89. The number of aliphatic hydroxyl groups is 1. The summed E-state index contributed by atoms with van der Waals surface area (Å²) in [6, 6.07) is 6.12. The first-order valence-corrected chi connectivity index (χ1v) is 5.09. The van der Waals surface area contributed by atoms with Crippen LogP contribution in [0.15, 0.2) is 24.3 Å². The van der Waals surface area contributed by atoms with Gasteiger partial charge in [0.25, 0.3) is 0 Å². The molecule has 0 saturated carbocycles. The van der Waals surface area contributed by atoms with Crippen LogP contribution in [0.5, 0.6) is 5.75 Å². The van der Waals surface area contributed by atoms with E-state index in [0.717, 1.165) is 12.1 Å². The maximum absolute atomic E-state index is 11.9. The van der Waals surface area contributed by atoms with E-state index in [0.29, 0.717) is 13.0 Å². The van der Waals surface area contributed by atoms with Gasteiger partial charge in [-0.1, -0.05) is 12.1 Å². The second-order valence-electron chi connectivity index (χ2n) is 3.86. The van der Waals surface area contributed by atoms with Gasteiger partial charge in [-0.05, 0) is 30.7 Å². The van der Waals surface area contributed by atoms with Crippen LogP contribution in [0.2, 0.25) is 0 Å². The van der Waals surface area contributed by atoms with Crippen molar-refractivity contribution in [2.45, 2.75) is 18.6 Å². The number of nitrogens with one attached hydrogen (secondary N) is 1. The van der Waals surface area contributed by atoms with Crippen molar-refractivity contribution < 1.29 is 18.6 Å². The third-order valence-electron chi connectivity index (χ3n) is 2.75. The fourth-order valence-corrected chi connectivity index (χ4v) is 1.87. The first-order valence-electron chi connectivity index (χ1n) is 5.09. The Morgan fingerprint density at radius 3 is 2.41 bits per heavy atom. The van der Waals surface area contributed by atoms with Crippen molar-refractivity contribution in [3.8, 4) is 5.75 Å². The van der Waals surface area contributed by atoms with E-state index in [9.17, 15) is 13.9 Å². The van der Waals surface area contributed by atoms with E-state index in [2.05, 4.69) is 10.1 Å². The van der Waals surface area contributed by atoms with Gasteiger partial charge in [-0.15, -0.1) is 12.4 Å². The van der Waals surface area contributed by atoms with Crippen LogP contribution in [-0.4, -0.2) is 24.8 Å². The van der Waals surface area contributed by atoms with E-state index in [1.165, 1.54) is 12.1 Å². The van der Waals surface area contributed by atoms with E-state index in [-0.39, 0.29) is 18.2 Å². The van der Waals surface area contributed by atoms with Gasteiger partial charge < -0.3 is 15.2 Å². The summed E-state index contributed by atoms with van der Waals surface area (Å²) in [5.74, 6) is 0.105. The van der Waals surface area contributed by atoms with Gasteiger partial charge in [-0.25, -0.2) is 0 Å². The number of halogens is 3. The van der Waals surface area contributed by atoms with Crippen LogP contribution in [-0.2, 0) is 5.60 Å². The molecule has 1 fully saturated rings. The van der Waals surface area contributed by atoms with Gasteiger partial charge in [0.05, 0.1) is 0 Å². The number of β-amino-alcohol motifs (C(OH)–C–C–N with tert-alkyl or cyclic N) is 1. The molecule has 1 aromatic carbocycles. The number of rotatable bonds is 3. The highest BCUT2D eigenvalue weighted by molar-refractivity contribution is 5.85. The first kappa shape index (κ1) is 14.2. The summed E-state index contributed by atoms with van der Waals surface area (Å²) < 4.78 is 28.1. The maximum Gasteiger partial charge on any atom is 0.387 e. The van der Waals surface area contributed by atoms with Crippen LogP contribution >= 0.6 is 12.4 Å². The van der Waals surface area contributed by atoms with Crippen molar-refractivity contribution in [2.24, 2.45) is 0 Å². The van der Waals surface area contributed by atoms with E-state index < -0.39 is 12.2 Å². The molecule has 1 atom stereocenters. The number of alkyl halides is 2. The Morgan fingerprint density at radius 1 is 1.29 bits per heavy atom. The Labute approximate surface area is 104 Å². The molecule has 1 unspecified atom stereocenters. The van der Waals surface area contributed by atoms with E-state index in [1.54, 1.807) is 12.1 Å². The van der Waals surface area contributed by atoms with Gasteiger partial charge in [0.1, 0.15) is 11.4 Å². The van der Waals surface area contributed by atoms with E-state index in [4.69, 9.17) is 0 Å². The van der Waals surface area contributed by atoms with Crippen LogP contribution in [0, 0.1) is 0 Å². The molecule has 1 heterocycles. The lowest BCUT2D eigenvalue weighted by atomic mass is 9.93. The average molecular weight is 266 g/mol. The molecular formula is C11H14ClF2NO2. The van der Waals surface area contributed by atoms with Crippen LogP contribution in [0.1, 0.15) is 12.0 Å². The number of benzene rings is 1. The monoisotopic (exact) mass is 265 g/mol. The summed E-state index contributed by atoms with van der Waals surface area (Å²) in [5, 5.41) is 13.2. The first-order chi connectivity index (χ1) is 7.60. The third-order valence-corrected chi connectivity index (χ3v) is 2.75. The topological polar surface area (TPSA) is 41.5 Å². The summed E-state index contributed by atoms with van der Waals surface area (Å²) >= 11 is 0. The minimum Gasteiger partial charge on any atom is -0.435 e. The zero-order chi connectivity index (χ0) is 11.6. The molecule has 1 aromatic rings. The number of ether oxygens (including phenoxy) is 1. The molecule has 0 aliphatic carbocycles. The molecule has 1 aliphatic rings. The van der Waals surface area contributed by atoms with Crippen LogP contribution < -0.4 is 10.1 Å². The highest BCUT2D eigenvalue weighted by Crippen LogP contribution is 2.29. The molecule has 2 N–H and O–H groups in total. The second-order valence-corrected chi connectivity index (χ2v) is 3.86. The summed E-state index contributed by atoms with van der Waals surface area (Å²) in [6.07, 6.45) is 0.627. The van der Waals surface area contributed by atoms with Crippen LogP contribution in [0.4, 0.5) is 8.78 Å². The molecule has 0 amide bonds. The van der Waals surface area contributed by atoms with Crippen molar-refractivity contribution in [2.75, 3.05) is 13.1 Å². The van der Waals surface area contributed by atoms with Gasteiger partial charge >= 0.3 is 6.61 Å². The van der Waals surface area contributed by atoms with Crippen molar-refractivity contribution in [1.29, 1.82) is 0 Å². The van der Waals surface area contributed by atoms with Crippen LogP contribution in [0.3, 0.4) is 0 Å². The highest BCUT2D eigenvalue weighted by atomic mass is 35.5. The normalized spacial score (nSPS) is 23.5. The molecule has 0 spiro atoms. The Bertz CT molecular complexity index is 353. The maximum atomic E-state index is 11.9. The molecule has 1 saturated heterocycles. The lowest BCUT2D eigenvalue weighted by molar-refractivity contribution is -0.0498. The Hall–Kier alpha value is -0.910. The second kappa shape index (κ2) is 5.62. The van der Waals surface area contributed by atoms with Crippen molar-refractivity contribution in [1.82, 2.24) is 5.32 Å². The lowest BCUT2D eigenvalue weighted by Gasteiger charge is -2.21. The molecule has 2 rings (SSSR count). The third kappa shape index (κ3) is 3.28. The largest absolute Gasteiger partial charge is 0.435 e. The molecule has 17 heavy (non-hydrogen) atoms. The predicted molar refractivity (Wildman–Crippen MR) is 61.7 cm³/mol. The molecule has 1 aliphatic heterocycles. The highest BCUT2D eigenvalue weighted by Gasteiger charge is 2.32. The van der Waals surface area contributed by atoms with Crippen molar-refractivity contribution >= 4 is 12.4 Å². The number of hydrogen-bond donors (Lipinski definition) is 2. The molecule has 0 radical (unpaired) electrons. The Morgan fingerprint density at radius 2 is 1.94 bits per heavy atom. The summed E-state index contributed by atoms with van der Waals surface area (Å²) in [5.41, 5.74) is -0.164. The van der Waals surface area contributed by atoms with Gasteiger partial charge in [0.2, 0.25) is 0 Å². The average Bonchev–Trinajstić information content (AvgIpc) is 2.66. The fourth-order valence-electron chi connectivity index (χ4n) is 1.87. The summed E-state index contributed by atoms with van der Waals surface area (Å²) in [4.78, 5) is 0. The standard InChI is InChI=1S/C11H13F2NO2.ClH/c12-10(13)16-9-3-1-8(2-4-9)11(15)5-6-14-7-11;/h1-4,10,14-15H,5-7H2;1H. The van der Waals surface area contributed by atoms with Crippen molar-refractivity contribution in [3.63, 3.8) is 0 Å². The molecule has 0 bridgehead atoms. The SMILES string of the molecule is Cl.OC1(c2ccc(OC(F)F)cc2)CCNC1. The fraction of sp³-hybridized carbons (Fsp3) is 0.455. The smallest absolute Gasteiger partial charge is 0.387 e. The van der Waals surface area contributed by atoms with Gasteiger partial charge in [-0.2, -0.15) is 8.78 Å². The van der Waals surface area contributed by atoms with Crippen LogP contribution in [0.25, 0.3) is 0 Å². The Balaban J connectivity index is 0.00000144. The van der Waals surface area contributed by atoms with E-state index >= 15 is 0 Å². The molecular weight excluding hydrogens is 252 g/mol. The Kier molecular flexibility index (Phi) is 4.68. The number of hydrogen-bond acceptors (Lipinski definition) is 3. The van der Waals surface area contributed by atoms with Crippen molar-refractivity contribution in [3.05, 3.63) is 29.8 Å². The summed E-state index contributed by atoms with van der Waals surface area (Å²) in [7, 11) is 0. The van der Waals surface area contributed by atoms with Gasteiger partial charge in [0.15, 0.2) is 0 Å². The quantitative estimate of drug-likeness (QED) is 0.877. The zero-order valence-electron chi connectivity index (χ0n) is 9.03. The zero-order valence-corrected chi connectivity index (χ0v) is 9.84. The molecule has 3 nitrogen and oxygen atoms in total. The lowest BCUT2D eigenvalue weighted by Crippen LogP contribution is -2.28. The molecule has 96 valence electrons. The molecule has 6 heteroatoms. The van der Waals surface area contributed by atoms with Gasteiger partial charge in [-0.3, -0.25) is 0 Å². The van der Waals surface area contributed by atoms with E-state index in [1.807, 2.05) is 0 Å². The molecule has 0 aromatic heterocycles. The van der Waals surface area contributed by atoms with Gasteiger partial charge in [0, 0.05) is 6.54 Å². The minimum absolute atomic E-state index is 0. The summed E-state index contributed by atoms with van der Waals surface area (Å²) in [6.45, 7) is -1.57. The minimum atomic E-state index is -2.82.